The van der Waals surface area contributed by atoms with Crippen LogP contribution in [0.5, 0.6) is 0 Å². The number of amides is 1. The molecule has 27 heavy (non-hydrogen) atoms. The number of hydrogen-bond acceptors (Lipinski definition) is 5. The maximum absolute atomic E-state index is 13.8. The lowest BCUT2D eigenvalue weighted by molar-refractivity contribution is -0.137. The van der Waals surface area contributed by atoms with E-state index in [2.05, 4.69) is 15.5 Å². The minimum atomic E-state index is -1.05. The summed E-state index contributed by atoms with van der Waals surface area (Å²) < 4.78 is 18.7. The molecule has 8 heteroatoms. The third-order valence-corrected chi connectivity index (χ3v) is 3.81. The number of carbonyl (C=O) groups excluding carboxylic acids is 1. The smallest absolute Gasteiger partial charge is 0.305 e. The molecule has 0 radical (unpaired) electrons. The zero-order valence-corrected chi connectivity index (χ0v) is 14.1. The molecule has 1 aromatic heterocycles. The van der Waals surface area contributed by atoms with Crippen LogP contribution in [0.25, 0.3) is 11.5 Å². The van der Waals surface area contributed by atoms with Gasteiger partial charge in [0.1, 0.15) is 5.82 Å². The largest absolute Gasteiger partial charge is 0.481 e. The number of carboxylic acids is 1. The zero-order valence-electron chi connectivity index (χ0n) is 14.1. The van der Waals surface area contributed by atoms with Crippen LogP contribution < -0.4 is 5.32 Å². The lowest BCUT2D eigenvalue weighted by Gasteiger charge is -2.15. The molecule has 2 aromatic carbocycles. The van der Waals surface area contributed by atoms with Crippen molar-refractivity contribution in [3.63, 3.8) is 0 Å². The first kappa shape index (κ1) is 18.2. The van der Waals surface area contributed by atoms with E-state index in [1.165, 1.54) is 18.2 Å². The second-order valence-corrected chi connectivity index (χ2v) is 5.86. The van der Waals surface area contributed by atoms with E-state index >= 15 is 0 Å². The summed E-state index contributed by atoms with van der Waals surface area (Å²) in [7, 11) is 0. The van der Waals surface area contributed by atoms with Gasteiger partial charge in [0.15, 0.2) is 0 Å². The molecule has 3 rings (SSSR count). The molecule has 1 heterocycles. The van der Waals surface area contributed by atoms with Crippen molar-refractivity contribution >= 4 is 11.9 Å². The fourth-order valence-corrected chi connectivity index (χ4v) is 2.59. The van der Waals surface area contributed by atoms with Crippen LogP contribution in [0, 0.1) is 5.82 Å². The third-order valence-electron chi connectivity index (χ3n) is 3.81. The molecule has 0 aliphatic rings. The second-order valence-electron chi connectivity index (χ2n) is 5.86. The van der Waals surface area contributed by atoms with Crippen LogP contribution in [-0.2, 0) is 11.2 Å². The Kier molecular flexibility index (Phi) is 5.55. The summed E-state index contributed by atoms with van der Waals surface area (Å²) in [4.78, 5) is 27.4. The van der Waals surface area contributed by atoms with Gasteiger partial charge in [0.05, 0.1) is 12.0 Å². The lowest BCUT2D eigenvalue weighted by atomic mass is 10.0. The van der Waals surface area contributed by atoms with Crippen LogP contribution in [0.1, 0.15) is 22.6 Å². The molecule has 0 aliphatic heterocycles. The molecule has 0 unspecified atom stereocenters. The first-order valence-corrected chi connectivity index (χ1v) is 8.18. The van der Waals surface area contributed by atoms with Gasteiger partial charge < -0.3 is 14.9 Å². The van der Waals surface area contributed by atoms with Gasteiger partial charge in [-0.1, -0.05) is 47.6 Å². The molecule has 7 nitrogen and oxygen atoms in total. The summed E-state index contributed by atoms with van der Waals surface area (Å²) in [6.07, 6.45) is 0.0650. The number of hydrogen-bond donors (Lipinski definition) is 2. The van der Waals surface area contributed by atoms with E-state index in [0.29, 0.717) is 6.42 Å². The topological polar surface area (TPSA) is 105 Å². The molecular weight excluding hydrogens is 353 g/mol. The molecular formula is C19H16FN3O4. The lowest BCUT2D eigenvalue weighted by Crippen LogP contribution is -2.38. The molecule has 2 N–H and O–H groups in total. The van der Waals surface area contributed by atoms with Crippen LogP contribution in [-0.4, -0.2) is 33.2 Å². The maximum Gasteiger partial charge on any atom is 0.305 e. The highest BCUT2D eigenvalue weighted by Gasteiger charge is 2.22. The van der Waals surface area contributed by atoms with Crippen molar-refractivity contribution < 1.29 is 23.6 Å². The number of halogens is 1. The summed E-state index contributed by atoms with van der Waals surface area (Å²) >= 11 is 0. The first-order chi connectivity index (χ1) is 13.0. The number of nitrogens with zero attached hydrogens (tertiary/aromatic N) is 2. The van der Waals surface area contributed by atoms with Gasteiger partial charge in [-0.05, 0) is 24.1 Å². The Hall–Kier alpha value is -3.55. The van der Waals surface area contributed by atoms with Gasteiger partial charge >= 0.3 is 5.97 Å². The van der Waals surface area contributed by atoms with Crippen molar-refractivity contribution in [3.8, 4) is 11.5 Å². The number of carbonyl (C=O) groups is 2. The zero-order chi connectivity index (χ0) is 19.2. The number of carboxylic acid groups (broad SMARTS) is 1. The molecule has 0 saturated carbocycles. The van der Waals surface area contributed by atoms with Crippen LogP contribution in [0.2, 0.25) is 0 Å². The predicted molar refractivity (Wildman–Crippen MR) is 93.3 cm³/mol. The molecule has 3 aromatic rings. The number of aliphatic carboxylic acids is 1. The Morgan fingerprint density at radius 1 is 1.11 bits per heavy atom. The Morgan fingerprint density at radius 2 is 1.81 bits per heavy atom. The van der Waals surface area contributed by atoms with Crippen molar-refractivity contribution in [3.05, 3.63) is 71.8 Å². The van der Waals surface area contributed by atoms with E-state index in [1.807, 2.05) is 30.3 Å². The van der Waals surface area contributed by atoms with Gasteiger partial charge in [0.2, 0.25) is 0 Å². The Bertz CT molecular complexity index is 943. The summed E-state index contributed by atoms with van der Waals surface area (Å²) in [6.45, 7) is 0. The molecule has 138 valence electrons. The molecule has 0 spiro atoms. The Labute approximate surface area is 153 Å². The SMILES string of the molecule is O=C(O)C[C@@H](Cc1ccccc1)NC(=O)c1noc(-c2ccccc2F)n1. The van der Waals surface area contributed by atoms with Crippen molar-refractivity contribution in [2.24, 2.45) is 0 Å². The quantitative estimate of drug-likeness (QED) is 0.663. The standard InChI is InChI=1S/C19H16FN3O4/c20-15-9-5-4-8-14(15)19-22-17(23-27-19)18(26)21-13(11-16(24)25)10-12-6-2-1-3-7-12/h1-9,13H,10-11H2,(H,21,26)(H,24,25)/t13-/m1/s1. The summed E-state index contributed by atoms with van der Waals surface area (Å²) in [6, 6.07) is 14.3. The molecule has 0 saturated heterocycles. The fourth-order valence-electron chi connectivity index (χ4n) is 2.59. The van der Waals surface area contributed by atoms with Gasteiger partial charge in [-0.2, -0.15) is 4.98 Å². The minimum Gasteiger partial charge on any atom is -0.481 e. The number of benzene rings is 2. The molecule has 1 atom stereocenters. The number of rotatable bonds is 7. The number of nitrogens with one attached hydrogen (secondary N) is 1. The van der Waals surface area contributed by atoms with Crippen molar-refractivity contribution in [2.75, 3.05) is 0 Å². The van der Waals surface area contributed by atoms with E-state index in [-0.39, 0.29) is 23.7 Å². The minimum absolute atomic E-state index is 0.0791. The van der Waals surface area contributed by atoms with Gasteiger partial charge in [-0.3, -0.25) is 9.59 Å². The Morgan fingerprint density at radius 3 is 2.52 bits per heavy atom. The average molecular weight is 369 g/mol. The monoisotopic (exact) mass is 369 g/mol. The van der Waals surface area contributed by atoms with Crippen molar-refractivity contribution in [2.45, 2.75) is 18.9 Å². The average Bonchev–Trinajstić information content (AvgIpc) is 3.12. The van der Waals surface area contributed by atoms with E-state index in [4.69, 9.17) is 9.63 Å². The van der Waals surface area contributed by atoms with E-state index in [1.54, 1.807) is 6.07 Å². The van der Waals surface area contributed by atoms with Gasteiger partial charge in [-0.15, -0.1) is 0 Å². The van der Waals surface area contributed by atoms with Crippen LogP contribution >= 0.6 is 0 Å². The fraction of sp³-hybridized carbons (Fsp3) is 0.158. The molecule has 0 fully saturated rings. The Balaban J connectivity index is 1.74. The van der Waals surface area contributed by atoms with Crippen LogP contribution in [0.4, 0.5) is 4.39 Å². The first-order valence-electron chi connectivity index (χ1n) is 8.18. The van der Waals surface area contributed by atoms with Gasteiger partial charge in [-0.25, -0.2) is 4.39 Å². The maximum atomic E-state index is 13.8. The van der Waals surface area contributed by atoms with Crippen LogP contribution in [0.3, 0.4) is 0 Å². The summed E-state index contributed by atoms with van der Waals surface area (Å²) in [5.74, 6) is -2.71. The molecule has 1 amide bonds. The summed E-state index contributed by atoms with van der Waals surface area (Å²) in [5.41, 5.74) is 0.958. The summed E-state index contributed by atoms with van der Waals surface area (Å²) in [5, 5.41) is 15.2. The molecule has 0 aliphatic carbocycles. The van der Waals surface area contributed by atoms with E-state index in [0.717, 1.165) is 5.56 Å². The predicted octanol–water partition coefficient (Wildman–Crippen LogP) is 2.69. The van der Waals surface area contributed by atoms with E-state index in [9.17, 15) is 14.0 Å². The van der Waals surface area contributed by atoms with E-state index < -0.39 is 23.7 Å². The second kappa shape index (κ2) is 8.22. The third kappa shape index (κ3) is 4.75. The molecule has 0 bridgehead atoms. The normalized spacial score (nSPS) is 11.7. The highest BCUT2D eigenvalue weighted by atomic mass is 19.1. The highest BCUT2D eigenvalue weighted by molar-refractivity contribution is 5.91. The number of aromatic nitrogens is 2. The van der Waals surface area contributed by atoms with Crippen molar-refractivity contribution in [1.82, 2.24) is 15.5 Å². The highest BCUT2D eigenvalue weighted by Crippen LogP contribution is 2.20. The van der Waals surface area contributed by atoms with Crippen LogP contribution in [0.15, 0.2) is 59.1 Å². The van der Waals surface area contributed by atoms with Crippen molar-refractivity contribution in [1.29, 1.82) is 0 Å². The van der Waals surface area contributed by atoms with Gasteiger partial charge in [0, 0.05) is 6.04 Å². The van der Waals surface area contributed by atoms with Gasteiger partial charge in [0.25, 0.3) is 17.6 Å².